The molecular formula is C20H25NO6. The Hall–Kier alpha value is -2.67. The van der Waals surface area contributed by atoms with E-state index < -0.39 is 18.1 Å². The standard InChI is InChI=1S/C20H25NO6/c1-24-16-10-9-13(18(25-2)19(16)26-3)17(15-8-6-12-27-15)21-11-5-4-7-14(21)20(22)23/h6,8-10,12,14,17H,4-5,7,11H2,1-3H3,(H,22,23). The highest BCUT2D eigenvalue weighted by Gasteiger charge is 2.38. The number of carboxylic acids is 1. The summed E-state index contributed by atoms with van der Waals surface area (Å²) in [5.41, 5.74) is 0.776. The number of hydrogen-bond donors (Lipinski definition) is 1. The zero-order valence-corrected chi connectivity index (χ0v) is 15.8. The van der Waals surface area contributed by atoms with E-state index in [0.29, 0.717) is 36.0 Å². The molecule has 1 aliphatic rings. The molecule has 0 spiro atoms. The van der Waals surface area contributed by atoms with Crippen molar-refractivity contribution in [3.63, 3.8) is 0 Å². The first kappa shape index (κ1) is 19.1. The van der Waals surface area contributed by atoms with Gasteiger partial charge in [0.15, 0.2) is 11.5 Å². The van der Waals surface area contributed by atoms with Crippen LogP contribution in [0.15, 0.2) is 34.9 Å². The number of carboxylic acid groups (broad SMARTS) is 1. The average molecular weight is 375 g/mol. The Bertz CT molecular complexity index is 773. The van der Waals surface area contributed by atoms with E-state index in [1.54, 1.807) is 39.7 Å². The summed E-state index contributed by atoms with van der Waals surface area (Å²) in [5, 5.41) is 9.76. The summed E-state index contributed by atoms with van der Waals surface area (Å²) in [4.78, 5) is 13.9. The number of rotatable bonds is 7. The van der Waals surface area contributed by atoms with Crippen molar-refractivity contribution in [2.45, 2.75) is 31.3 Å². The molecule has 1 aromatic heterocycles. The molecule has 0 aliphatic carbocycles. The van der Waals surface area contributed by atoms with E-state index in [4.69, 9.17) is 18.6 Å². The summed E-state index contributed by atoms with van der Waals surface area (Å²) in [6, 6.07) is 6.33. The molecule has 7 nitrogen and oxygen atoms in total. The fourth-order valence-corrected chi connectivity index (χ4v) is 3.81. The average Bonchev–Trinajstić information content (AvgIpc) is 3.22. The number of likely N-dealkylation sites (tertiary alicyclic amines) is 1. The second-order valence-electron chi connectivity index (χ2n) is 6.43. The summed E-state index contributed by atoms with van der Waals surface area (Å²) in [5.74, 6) is 1.36. The number of ether oxygens (including phenoxy) is 3. The topological polar surface area (TPSA) is 81.4 Å². The highest BCUT2D eigenvalue weighted by atomic mass is 16.5. The first-order valence-electron chi connectivity index (χ1n) is 8.93. The van der Waals surface area contributed by atoms with Crippen LogP contribution in [-0.2, 0) is 4.79 Å². The molecule has 146 valence electrons. The molecule has 27 heavy (non-hydrogen) atoms. The smallest absolute Gasteiger partial charge is 0.320 e. The van der Waals surface area contributed by atoms with E-state index in [0.717, 1.165) is 18.4 Å². The number of hydrogen-bond acceptors (Lipinski definition) is 6. The summed E-state index contributed by atoms with van der Waals surface area (Å²) in [7, 11) is 4.67. The Morgan fingerprint density at radius 2 is 1.93 bits per heavy atom. The lowest BCUT2D eigenvalue weighted by molar-refractivity contribution is -0.145. The number of nitrogens with zero attached hydrogens (tertiary/aromatic N) is 1. The van der Waals surface area contributed by atoms with Crippen LogP contribution in [-0.4, -0.2) is 49.9 Å². The third-order valence-electron chi connectivity index (χ3n) is 5.00. The maximum atomic E-state index is 11.9. The zero-order valence-electron chi connectivity index (χ0n) is 15.8. The fraction of sp³-hybridized carbons (Fsp3) is 0.450. The largest absolute Gasteiger partial charge is 0.493 e. The number of methoxy groups -OCH3 is 3. The van der Waals surface area contributed by atoms with Crippen molar-refractivity contribution >= 4 is 5.97 Å². The number of carbonyl (C=O) groups is 1. The minimum absolute atomic E-state index is 0.406. The lowest BCUT2D eigenvalue weighted by Gasteiger charge is -2.38. The predicted octanol–water partition coefficient (Wildman–Crippen LogP) is 3.33. The van der Waals surface area contributed by atoms with Gasteiger partial charge in [-0.3, -0.25) is 9.69 Å². The van der Waals surface area contributed by atoms with Gasteiger partial charge in [-0.1, -0.05) is 6.42 Å². The maximum Gasteiger partial charge on any atom is 0.320 e. The van der Waals surface area contributed by atoms with Crippen molar-refractivity contribution in [2.75, 3.05) is 27.9 Å². The molecule has 2 atom stereocenters. The van der Waals surface area contributed by atoms with Gasteiger partial charge in [-0.25, -0.2) is 0 Å². The summed E-state index contributed by atoms with van der Waals surface area (Å²) in [6.45, 7) is 0.653. The van der Waals surface area contributed by atoms with Gasteiger partial charge in [-0.15, -0.1) is 0 Å². The molecule has 7 heteroatoms. The minimum atomic E-state index is -0.828. The third kappa shape index (κ3) is 3.60. The highest BCUT2D eigenvalue weighted by Crippen LogP contribution is 2.46. The maximum absolute atomic E-state index is 11.9. The minimum Gasteiger partial charge on any atom is -0.493 e. The number of furan rings is 1. The van der Waals surface area contributed by atoms with Crippen molar-refractivity contribution in [3.8, 4) is 17.2 Å². The van der Waals surface area contributed by atoms with Crippen LogP contribution >= 0.6 is 0 Å². The molecule has 2 unspecified atom stereocenters. The summed E-state index contributed by atoms with van der Waals surface area (Å²) in [6.07, 6.45) is 4.01. The SMILES string of the molecule is COc1ccc(C(c2ccco2)N2CCCCC2C(=O)O)c(OC)c1OC. The Balaban J connectivity index is 2.16. The van der Waals surface area contributed by atoms with E-state index in [1.807, 2.05) is 17.0 Å². The zero-order chi connectivity index (χ0) is 19.4. The number of piperidine rings is 1. The molecule has 0 amide bonds. The second-order valence-corrected chi connectivity index (χ2v) is 6.43. The monoisotopic (exact) mass is 375 g/mol. The van der Waals surface area contributed by atoms with Gasteiger partial charge >= 0.3 is 5.97 Å². The second kappa shape index (κ2) is 8.35. The lowest BCUT2D eigenvalue weighted by Crippen LogP contribution is -2.46. The molecule has 3 rings (SSSR count). The molecular weight excluding hydrogens is 350 g/mol. The first-order chi connectivity index (χ1) is 13.1. The van der Waals surface area contributed by atoms with Gasteiger partial charge in [0.2, 0.25) is 5.75 Å². The van der Waals surface area contributed by atoms with Gasteiger partial charge in [-0.2, -0.15) is 0 Å². The van der Waals surface area contributed by atoms with Gasteiger partial charge in [0.25, 0.3) is 0 Å². The highest BCUT2D eigenvalue weighted by molar-refractivity contribution is 5.74. The van der Waals surface area contributed by atoms with E-state index in [9.17, 15) is 9.90 Å². The van der Waals surface area contributed by atoms with E-state index in [2.05, 4.69) is 0 Å². The van der Waals surface area contributed by atoms with E-state index in [1.165, 1.54) is 0 Å². The van der Waals surface area contributed by atoms with Crippen LogP contribution in [0.25, 0.3) is 0 Å². The van der Waals surface area contributed by atoms with Crippen LogP contribution in [0.2, 0.25) is 0 Å². The van der Waals surface area contributed by atoms with Crippen LogP contribution in [0.4, 0.5) is 0 Å². The van der Waals surface area contributed by atoms with E-state index >= 15 is 0 Å². The number of aliphatic carboxylic acids is 1. The van der Waals surface area contributed by atoms with Crippen molar-refractivity contribution in [1.82, 2.24) is 4.90 Å². The molecule has 0 saturated carbocycles. The van der Waals surface area contributed by atoms with Crippen molar-refractivity contribution in [1.29, 1.82) is 0 Å². The van der Waals surface area contributed by atoms with E-state index in [-0.39, 0.29) is 0 Å². The van der Waals surface area contributed by atoms with Crippen LogP contribution in [0, 0.1) is 0 Å². The molecule has 1 aliphatic heterocycles. The predicted molar refractivity (Wildman–Crippen MR) is 98.6 cm³/mol. The summed E-state index contributed by atoms with van der Waals surface area (Å²) >= 11 is 0. The van der Waals surface area contributed by atoms with Crippen molar-refractivity contribution in [3.05, 3.63) is 41.9 Å². The number of benzene rings is 1. The quantitative estimate of drug-likeness (QED) is 0.795. The Kier molecular flexibility index (Phi) is 5.91. The molecule has 0 bridgehead atoms. The fourth-order valence-electron chi connectivity index (χ4n) is 3.81. The Morgan fingerprint density at radius 3 is 2.52 bits per heavy atom. The van der Waals surface area contributed by atoms with Crippen LogP contribution < -0.4 is 14.2 Å². The van der Waals surface area contributed by atoms with Crippen molar-refractivity contribution < 1.29 is 28.5 Å². The van der Waals surface area contributed by atoms with Crippen LogP contribution in [0.3, 0.4) is 0 Å². The molecule has 2 heterocycles. The Labute approximate surface area is 158 Å². The molecule has 1 N–H and O–H groups in total. The molecule has 1 fully saturated rings. The molecule has 2 aromatic rings. The van der Waals surface area contributed by atoms with Gasteiger partial charge in [0.1, 0.15) is 11.8 Å². The van der Waals surface area contributed by atoms with Gasteiger partial charge in [0, 0.05) is 12.1 Å². The molecule has 1 saturated heterocycles. The Morgan fingerprint density at radius 1 is 1.15 bits per heavy atom. The van der Waals surface area contributed by atoms with Gasteiger partial charge in [-0.05, 0) is 37.1 Å². The molecule has 1 aromatic carbocycles. The molecule has 0 radical (unpaired) electrons. The third-order valence-corrected chi connectivity index (χ3v) is 5.00. The van der Waals surface area contributed by atoms with Crippen LogP contribution in [0.1, 0.15) is 36.6 Å². The first-order valence-corrected chi connectivity index (χ1v) is 8.93. The van der Waals surface area contributed by atoms with Gasteiger partial charge < -0.3 is 23.7 Å². The van der Waals surface area contributed by atoms with Crippen molar-refractivity contribution in [2.24, 2.45) is 0 Å². The lowest BCUT2D eigenvalue weighted by atomic mass is 9.94. The summed E-state index contributed by atoms with van der Waals surface area (Å²) < 4.78 is 22.2. The van der Waals surface area contributed by atoms with Gasteiger partial charge in [0.05, 0.1) is 33.6 Å². The van der Waals surface area contributed by atoms with Crippen LogP contribution in [0.5, 0.6) is 17.2 Å². The normalized spacial score (nSPS) is 18.7.